The Morgan fingerprint density at radius 2 is 1.90 bits per heavy atom. The first kappa shape index (κ1) is 18.9. The van der Waals surface area contributed by atoms with Gasteiger partial charge in [-0.25, -0.2) is 0 Å². The van der Waals surface area contributed by atoms with Gasteiger partial charge in [0.15, 0.2) is 0 Å². The summed E-state index contributed by atoms with van der Waals surface area (Å²) in [5, 5.41) is 3.83. The average Bonchev–Trinajstić information content (AvgIpc) is 2.37. The molecule has 1 N–H and O–H groups in total. The first-order valence-corrected chi connectivity index (χ1v) is 8.94. The molecule has 1 rings (SSSR count). The molecule has 0 heterocycles. The fourth-order valence-electron chi connectivity index (χ4n) is 3.97. The van der Waals surface area contributed by atoms with Crippen LogP contribution in [0, 0.1) is 5.41 Å². The SMILES string of the molecule is CCCNC1CCC(C)(C)CC1N(CC)C(C)CN(C)C. The Bertz CT molecular complexity index is 288. The van der Waals surface area contributed by atoms with Crippen LogP contribution in [0.2, 0.25) is 0 Å². The number of likely N-dealkylation sites (N-methyl/N-ethyl adjacent to an activating group) is 2. The number of nitrogens with one attached hydrogen (secondary N) is 1. The highest BCUT2D eigenvalue weighted by atomic mass is 15.2. The molecule has 0 spiro atoms. The topological polar surface area (TPSA) is 18.5 Å². The lowest BCUT2D eigenvalue weighted by Crippen LogP contribution is -2.58. The minimum atomic E-state index is 0.486. The minimum absolute atomic E-state index is 0.486. The molecule has 0 amide bonds. The number of hydrogen-bond donors (Lipinski definition) is 1. The molecule has 0 radical (unpaired) electrons. The second kappa shape index (κ2) is 8.50. The first-order chi connectivity index (χ1) is 9.80. The molecule has 1 aliphatic carbocycles. The summed E-state index contributed by atoms with van der Waals surface area (Å²) in [7, 11) is 4.37. The van der Waals surface area contributed by atoms with Crippen LogP contribution in [-0.4, -0.2) is 61.7 Å². The normalized spacial score (nSPS) is 27.3. The van der Waals surface area contributed by atoms with Crippen molar-refractivity contribution in [1.29, 1.82) is 0 Å². The fourth-order valence-corrected chi connectivity index (χ4v) is 3.97. The molecule has 0 aromatic carbocycles. The monoisotopic (exact) mass is 297 g/mol. The van der Waals surface area contributed by atoms with Crippen molar-refractivity contribution in [2.75, 3.05) is 33.7 Å². The van der Waals surface area contributed by atoms with Gasteiger partial charge in [0.1, 0.15) is 0 Å². The Balaban J connectivity index is 2.81. The van der Waals surface area contributed by atoms with Crippen LogP contribution in [0.15, 0.2) is 0 Å². The summed E-state index contributed by atoms with van der Waals surface area (Å²) in [4.78, 5) is 5.06. The van der Waals surface area contributed by atoms with Crippen molar-refractivity contribution in [3.63, 3.8) is 0 Å². The van der Waals surface area contributed by atoms with Gasteiger partial charge in [-0.05, 0) is 65.2 Å². The summed E-state index contributed by atoms with van der Waals surface area (Å²) >= 11 is 0. The molecule has 3 heteroatoms. The van der Waals surface area contributed by atoms with Crippen LogP contribution in [0.4, 0.5) is 0 Å². The van der Waals surface area contributed by atoms with E-state index < -0.39 is 0 Å². The maximum atomic E-state index is 3.83. The van der Waals surface area contributed by atoms with Crippen molar-refractivity contribution >= 4 is 0 Å². The molecule has 3 atom stereocenters. The molecule has 0 aromatic heterocycles. The van der Waals surface area contributed by atoms with Gasteiger partial charge in [0.05, 0.1) is 0 Å². The number of hydrogen-bond acceptors (Lipinski definition) is 3. The summed E-state index contributed by atoms with van der Waals surface area (Å²) in [5.74, 6) is 0. The Morgan fingerprint density at radius 1 is 1.24 bits per heavy atom. The van der Waals surface area contributed by atoms with Crippen molar-refractivity contribution in [3.8, 4) is 0 Å². The van der Waals surface area contributed by atoms with E-state index in [9.17, 15) is 0 Å². The maximum absolute atomic E-state index is 3.83. The highest BCUT2D eigenvalue weighted by molar-refractivity contribution is 4.95. The quantitative estimate of drug-likeness (QED) is 0.742. The van der Waals surface area contributed by atoms with Crippen LogP contribution in [0.1, 0.15) is 60.3 Å². The van der Waals surface area contributed by atoms with Gasteiger partial charge in [0, 0.05) is 24.7 Å². The molecule has 0 bridgehead atoms. The number of rotatable bonds is 8. The molecule has 21 heavy (non-hydrogen) atoms. The molecule has 3 nitrogen and oxygen atoms in total. The summed E-state index contributed by atoms with van der Waals surface area (Å²) in [6.45, 7) is 15.3. The van der Waals surface area contributed by atoms with E-state index in [2.05, 4.69) is 63.8 Å². The lowest BCUT2D eigenvalue weighted by Gasteiger charge is -2.48. The predicted molar refractivity (Wildman–Crippen MR) is 93.9 cm³/mol. The van der Waals surface area contributed by atoms with Gasteiger partial charge in [0.25, 0.3) is 0 Å². The molecule has 1 fully saturated rings. The molecule has 3 unspecified atom stereocenters. The van der Waals surface area contributed by atoms with Crippen molar-refractivity contribution < 1.29 is 0 Å². The third kappa shape index (κ3) is 5.88. The van der Waals surface area contributed by atoms with E-state index in [1.54, 1.807) is 0 Å². The van der Waals surface area contributed by atoms with E-state index in [1.165, 1.54) is 25.7 Å². The molecule has 0 aromatic rings. The standard InChI is InChI=1S/C18H39N3/c1-8-12-19-16-10-11-18(4,5)13-17(16)21(9-2)15(3)14-20(6)7/h15-17,19H,8-14H2,1-7H3. The molecule has 126 valence electrons. The Labute approximate surface area is 133 Å². The second-order valence-electron chi connectivity index (χ2n) is 7.98. The van der Waals surface area contributed by atoms with Crippen LogP contribution in [-0.2, 0) is 0 Å². The summed E-state index contributed by atoms with van der Waals surface area (Å²) in [6, 6.07) is 1.97. The van der Waals surface area contributed by atoms with Gasteiger partial charge in [-0.1, -0.05) is 27.7 Å². The Hall–Kier alpha value is -0.120. The highest BCUT2D eigenvalue weighted by Crippen LogP contribution is 2.38. The van der Waals surface area contributed by atoms with Gasteiger partial charge < -0.3 is 10.2 Å². The lowest BCUT2D eigenvalue weighted by molar-refractivity contribution is 0.0367. The molecule has 1 saturated carbocycles. The largest absolute Gasteiger partial charge is 0.312 e. The van der Waals surface area contributed by atoms with Crippen molar-refractivity contribution in [2.24, 2.45) is 5.41 Å². The smallest absolute Gasteiger partial charge is 0.0257 e. The molecule has 0 saturated heterocycles. The van der Waals surface area contributed by atoms with Crippen LogP contribution in [0.25, 0.3) is 0 Å². The van der Waals surface area contributed by atoms with E-state index in [1.807, 2.05) is 0 Å². The zero-order valence-corrected chi connectivity index (χ0v) is 15.6. The van der Waals surface area contributed by atoms with E-state index in [4.69, 9.17) is 0 Å². The Morgan fingerprint density at radius 3 is 2.43 bits per heavy atom. The van der Waals surface area contributed by atoms with Crippen molar-refractivity contribution in [2.45, 2.75) is 78.4 Å². The highest BCUT2D eigenvalue weighted by Gasteiger charge is 2.38. The Kier molecular flexibility index (Phi) is 7.66. The van der Waals surface area contributed by atoms with Crippen LogP contribution >= 0.6 is 0 Å². The zero-order valence-electron chi connectivity index (χ0n) is 15.6. The van der Waals surface area contributed by atoms with Gasteiger partial charge >= 0.3 is 0 Å². The van der Waals surface area contributed by atoms with Crippen LogP contribution < -0.4 is 5.32 Å². The van der Waals surface area contributed by atoms with Crippen LogP contribution in [0.5, 0.6) is 0 Å². The van der Waals surface area contributed by atoms with Crippen molar-refractivity contribution in [3.05, 3.63) is 0 Å². The number of nitrogens with zero attached hydrogens (tertiary/aromatic N) is 2. The van der Waals surface area contributed by atoms with E-state index in [0.29, 0.717) is 23.5 Å². The third-order valence-corrected chi connectivity index (χ3v) is 5.00. The maximum Gasteiger partial charge on any atom is 0.0257 e. The van der Waals surface area contributed by atoms with Gasteiger partial charge in [-0.3, -0.25) is 4.90 Å². The molecular weight excluding hydrogens is 258 g/mol. The van der Waals surface area contributed by atoms with Gasteiger partial charge in [-0.2, -0.15) is 0 Å². The molecular formula is C18H39N3. The third-order valence-electron chi connectivity index (χ3n) is 5.00. The summed E-state index contributed by atoms with van der Waals surface area (Å²) in [5.41, 5.74) is 0.486. The van der Waals surface area contributed by atoms with Gasteiger partial charge in [0.2, 0.25) is 0 Å². The fraction of sp³-hybridized carbons (Fsp3) is 1.00. The van der Waals surface area contributed by atoms with E-state index >= 15 is 0 Å². The zero-order chi connectivity index (χ0) is 16.0. The van der Waals surface area contributed by atoms with Crippen molar-refractivity contribution in [1.82, 2.24) is 15.1 Å². The van der Waals surface area contributed by atoms with E-state index in [0.717, 1.165) is 19.6 Å². The molecule has 1 aliphatic rings. The first-order valence-electron chi connectivity index (χ1n) is 8.94. The predicted octanol–water partition coefficient (Wildman–Crippen LogP) is 3.21. The van der Waals surface area contributed by atoms with Gasteiger partial charge in [-0.15, -0.1) is 0 Å². The summed E-state index contributed by atoms with van der Waals surface area (Å²) in [6.07, 6.45) is 5.22. The molecule has 0 aliphatic heterocycles. The van der Waals surface area contributed by atoms with Crippen LogP contribution in [0.3, 0.4) is 0 Å². The average molecular weight is 298 g/mol. The summed E-state index contributed by atoms with van der Waals surface area (Å²) < 4.78 is 0. The minimum Gasteiger partial charge on any atom is -0.312 e. The lowest BCUT2D eigenvalue weighted by atomic mass is 9.72. The second-order valence-corrected chi connectivity index (χ2v) is 7.98. The van der Waals surface area contributed by atoms with E-state index in [-0.39, 0.29) is 0 Å².